The molecule has 1 aromatic heterocycles. The Bertz CT molecular complexity index is 623. The van der Waals surface area contributed by atoms with Gasteiger partial charge >= 0.3 is 0 Å². The van der Waals surface area contributed by atoms with E-state index in [2.05, 4.69) is 15.3 Å². The molecule has 0 radical (unpaired) electrons. The monoisotopic (exact) mass is 286 g/mol. The summed E-state index contributed by atoms with van der Waals surface area (Å²) in [5, 5.41) is 2.66. The quantitative estimate of drug-likeness (QED) is 0.821. The summed E-state index contributed by atoms with van der Waals surface area (Å²) in [6.07, 6.45) is 0.213. The molecule has 0 aliphatic heterocycles. The molecule has 0 aliphatic carbocycles. The number of nitrogens with zero attached hydrogens (tertiary/aromatic N) is 2. The van der Waals surface area contributed by atoms with Crippen LogP contribution in [0.2, 0.25) is 0 Å². The molecule has 1 heterocycles. The van der Waals surface area contributed by atoms with Crippen LogP contribution in [0.3, 0.4) is 0 Å². The van der Waals surface area contributed by atoms with E-state index in [4.69, 9.17) is 10.5 Å². The zero-order valence-electron chi connectivity index (χ0n) is 12.1. The summed E-state index contributed by atoms with van der Waals surface area (Å²) in [6.45, 7) is 3.97. The maximum absolute atomic E-state index is 11.8. The topological polar surface area (TPSA) is 90.1 Å². The number of rotatable bonds is 5. The van der Waals surface area contributed by atoms with Crippen molar-refractivity contribution in [2.75, 3.05) is 17.7 Å². The Balaban J connectivity index is 1.82. The molecule has 6 nitrogen and oxygen atoms in total. The molecule has 0 saturated carbocycles. The molecular weight excluding hydrogens is 268 g/mol. The van der Waals surface area contributed by atoms with Gasteiger partial charge in [-0.2, -0.15) is 0 Å². The van der Waals surface area contributed by atoms with E-state index in [1.165, 1.54) is 0 Å². The van der Waals surface area contributed by atoms with Gasteiger partial charge in [0.15, 0.2) is 0 Å². The van der Waals surface area contributed by atoms with Crippen molar-refractivity contribution in [3.8, 4) is 5.75 Å². The van der Waals surface area contributed by atoms with E-state index in [9.17, 15) is 4.79 Å². The number of hydrogen-bond donors (Lipinski definition) is 2. The van der Waals surface area contributed by atoms with Crippen molar-refractivity contribution in [1.82, 2.24) is 9.97 Å². The van der Waals surface area contributed by atoms with Crippen LogP contribution in [0.15, 0.2) is 30.3 Å². The summed E-state index contributed by atoms with van der Waals surface area (Å²) in [5.41, 5.74) is 7.90. The summed E-state index contributed by atoms with van der Waals surface area (Å²) in [4.78, 5) is 20.1. The minimum atomic E-state index is -0.191. The fourth-order valence-electron chi connectivity index (χ4n) is 1.83. The predicted molar refractivity (Wildman–Crippen MR) is 81.1 cm³/mol. The third kappa shape index (κ3) is 4.76. The first-order valence-corrected chi connectivity index (χ1v) is 6.63. The normalized spacial score (nSPS) is 10.2. The average molecular weight is 286 g/mol. The number of aromatic nitrogens is 2. The van der Waals surface area contributed by atoms with E-state index in [1.54, 1.807) is 24.3 Å². The van der Waals surface area contributed by atoms with Crippen LogP contribution in [0.1, 0.15) is 17.8 Å². The van der Waals surface area contributed by atoms with Crippen LogP contribution in [0.5, 0.6) is 5.75 Å². The van der Waals surface area contributed by atoms with E-state index in [-0.39, 0.29) is 18.9 Å². The molecule has 2 rings (SSSR count). The van der Waals surface area contributed by atoms with Crippen LogP contribution in [-0.2, 0) is 4.79 Å². The summed E-state index contributed by atoms with van der Waals surface area (Å²) in [7, 11) is 0. The zero-order valence-corrected chi connectivity index (χ0v) is 12.1. The number of nitrogens with two attached hydrogens (primary N) is 1. The largest absolute Gasteiger partial charge is 0.493 e. The molecule has 0 spiro atoms. The molecule has 3 N–H and O–H groups in total. The van der Waals surface area contributed by atoms with Crippen LogP contribution < -0.4 is 15.8 Å². The van der Waals surface area contributed by atoms with Gasteiger partial charge in [0.1, 0.15) is 5.75 Å². The first kappa shape index (κ1) is 14.8. The molecule has 110 valence electrons. The highest BCUT2D eigenvalue weighted by molar-refractivity contribution is 5.89. The number of benzene rings is 1. The number of nitrogens with one attached hydrogen (secondary N) is 1. The Kier molecular flexibility index (Phi) is 4.71. The Labute approximate surface area is 123 Å². The number of ether oxygens (including phenoxy) is 1. The van der Waals surface area contributed by atoms with Crippen molar-refractivity contribution in [1.29, 1.82) is 0 Å². The van der Waals surface area contributed by atoms with Crippen LogP contribution in [0.4, 0.5) is 11.6 Å². The number of aryl methyl sites for hydroxylation is 2. The van der Waals surface area contributed by atoms with Gasteiger partial charge in [0.25, 0.3) is 0 Å². The van der Waals surface area contributed by atoms with E-state index >= 15 is 0 Å². The van der Waals surface area contributed by atoms with Gasteiger partial charge in [0, 0.05) is 23.1 Å². The van der Waals surface area contributed by atoms with Crippen molar-refractivity contribution in [3.63, 3.8) is 0 Å². The van der Waals surface area contributed by atoms with Gasteiger partial charge < -0.3 is 10.5 Å². The van der Waals surface area contributed by atoms with Crippen molar-refractivity contribution in [3.05, 3.63) is 41.7 Å². The summed E-state index contributed by atoms with van der Waals surface area (Å²) >= 11 is 0. The Hall–Kier alpha value is -2.63. The van der Waals surface area contributed by atoms with E-state index in [0.717, 1.165) is 11.4 Å². The average Bonchev–Trinajstić information content (AvgIpc) is 2.37. The molecule has 0 unspecified atom stereocenters. The fourth-order valence-corrected chi connectivity index (χ4v) is 1.83. The number of nitrogen functional groups attached to an aromatic ring is 1. The Morgan fingerprint density at radius 1 is 1.24 bits per heavy atom. The summed E-state index contributed by atoms with van der Waals surface area (Å²) in [5.74, 6) is 0.774. The number of carbonyl (C=O) groups is 1. The Morgan fingerprint density at radius 3 is 2.62 bits per heavy atom. The van der Waals surface area contributed by atoms with Gasteiger partial charge in [0.2, 0.25) is 11.9 Å². The highest BCUT2D eigenvalue weighted by Gasteiger charge is 2.06. The first-order chi connectivity index (χ1) is 10.0. The minimum Gasteiger partial charge on any atom is -0.493 e. The van der Waals surface area contributed by atoms with E-state index < -0.39 is 0 Å². The molecule has 6 heteroatoms. The van der Waals surface area contributed by atoms with Crippen LogP contribution in [0.25, 0.3) is 0 Å². The van der Waals surface area contributed by atoms with Gasteiger partial charge in [-0.15, -0.1) is 0 Å². The highest BCUT2D eigenvalue weighted by Crippen LogP contribution is 2.14. The zero-order chi connectivity index (χ0) is 15.2. The fraction of sp³-hybridized carbons (Fsp3) is 0.267. The number of amides is 1. The molecule has 0 bridgehead atoms. The third-order valence-corrected chi connectivity index (χ3v) is 2.69. The van der Waals surface area contributed by atoms with Crippen LogP contribution in [-0.4, -0.2) is 22.5 Å². The third-order valence-electron chi connectivity index (χ3n) is 2.69. The first-order valence-electron chi connectivity index (χ1n) is 6.63. The molecule has 1 aromatic carbocycles. The smallest absolute Gasteiger partial charge is 0.230 e. The molecule has 0 aliphatic rings. The van der Waals surface area contributed by atoms with Gasteiger partial charge in [-0.1, -0.05) is 6.07 Å². The second-order valence-electron chi connectivity index (χ2n) is 4.69. The Morgan fingerprint density at radius 2 is 1.95 bits per heavy atom. The van der Waals surface area contributed by atoms with Crippen molar-refractivity contribution in [2.24, 2.45) is 0 Å². The molecule has 1 amide bonds. The van der Waals surface area contributed by atoms with Gasteiger partial charge in [-0.05, 0) is 32.0 Å². The molecule has 0 saturated heterocycles. The van der Waals surface area contributed by atoms with Gasteiger partial charge in [0.05, 0.1) is 13.0 Å². The lowest BCUT2D eigenvalue weighted by Crippen LogP contribution is -2.17. The van der Waals surface area contributed by atoms with E-state index in [0.29, 0.717) is 17.4 Å². The number of anilines is 2. The molecule has 2 aromatic rings. The lowest BCUT2D eigenvalue weighted by Gasteiger charge is -2.07. The lowest BCUT2D eigenvalue weighted by molar-refractivity contribution is -0.116. The van der Waals surface area contributed by atoms with E-state index in [1.807, 2.05) is 19.9 Å². The van der Waals surface area contributed by atoms with Gasteiger partial charge in [-0.3, -0.25) is 10.1 Å². The number of carbonyl (C=O) groups excluding carboxylic acids is 1. The number of hydrogen-bond acceptors (Lipinski definition) is 5. The predicted octanol–water partition coefficient (Wildman–Crippen LogP) is 2.08. The molecular formula is C15H18N4O2. The molecule has 0 fully saturated rings. The van der Waals surface area contributed by atoms with Gasteiger partial charge in [-0.25, -0.2) is 9.97 Å². The highest BCUT2D eigenvalue weighted by atomic mass is 16.5. The molecule has 21 heavy (non-hydrogen) atoms. The minimum absolute atomic E-state index is 0.191. The standard InChI is InChI=1S/C15H18N4O2/c1-10-8-11(2)18-15(17-10)19-14(20)6-7-21-13-5-3-4-12(16)9-13/h3-5,8-9H,6-7,16H2,1-2H3,(H,17,18,19,20). The molecule has 0 atom stereocenters. The lowest BCUT2D eigenvalue weighted by atomic mass is 10.3. The maximum Gasteiger partial charge on any atom is 0.230 e. The van der Waals surface area contributed by atoms with Crippen molar-refractivity contribution >= 4 is 17.5 Å². The van der Waals surface area contributed by atoms with Crippen LogP contribution >= 0.6 is 0 Å². The second kappa shape index (κ2) is 6.69. The van der Waals surface area contributed by atoms with Crippen LogP contribution in [0, 0.1) is 13.8 Å². The van der Waals surface area contributed by atoms with Crippen molar-refractivity contribution in [2.45, 2.75) is 20.3 Å². The van der Waals surface area contributed by atoms with Crippen molar-refractivity contribution < 1.29 is 9.53 Å². The summed E-state index contributed by atoms with van der Waals surface area (Å²) in [6, 6.07) is 8.93. The SMILES string of the molecule is Cc1cc(C)nc(NC(=O)CCOc2cccc(N)c2)n1. The maximum atomic E-state index is 11.8. The summed E-state index contributed by atoms with van der Waals surface area (Å²) < 4.78 is 5.46. The second-order valence-corrected chi connectivity index (χ2v) is 4.69.